The average molecular weight is 271 g/mol. The monoisotopic (exact) mass is 271 g/mol. The fraction of sp³-hybridized carbons (Fsp3) is 1.00. The van der Waals surface area contributed by atoms with Crippen LogP contribution in [0.3, 0.4) is 0 Å². The van der Waals surface area contributed by atoms with Crippen molar-refractivity contribution in [2.24, 2.45) is 0 Å². The van der Waals surface area contributed by atoms with Crippen molar-refractivity contribution < 1.29 is 63.4 Å². The summed E-state index contributed by atoms with van der Waals surface area (Å²) in [5.74, 6) is -2.48. The third kappa shape index (κ3) is 6.51. The van der Waals surface area contributed by atoms with Crippen LogP contribution in [0, 0.1) is 0 Å². The molecule has 0 saturated carbocycles. The first-order valence-electron chi connectivity index (χ1n) is 3.52. The Labute approximate surface area is 109 Å². The minimum atomic E-state index is -5.17. The van der Waals surface area contributed by atoms with Gasteiger partial charge in [-0.3, -0.25) is 4.57 Å². The average Bonchev–Trinajstić information content (AvgIpc) is 1.94. The topological polar surface area (TPSA) is 150 Å². The number of hydrogen-bond donors (Lipinski definition) is 5. The molecule has 3 atom stereocenters. The van der Waals surface area contributed by atoms with E-state index in [2.05, 4.69) is 5.32 Å². The van der Waals surface area contributed by atoms with Gasteiger partial charge in [0.2, 0.25) is 0 Å². The number of aliphatic hydroxyl groups is 1. The van der Waals surface area contributed by atoms with Gasteiger partial charge in [-0.15, -0.1) is 0 Å². The Morgan fingerprint density at radius 2 is 1.73 bits per heavy atom. The van der Waals surface area contributed by atoms with Crippen LogP contribution in [0.15, 0.2) is 0 Å². The van der Waals surface area contributed by atoms with Crippen molar-refractivity contribution in [3.05, 3.63) is 0 Å². The van der Waals surface area contributed by atoms with Crippen LogP contribution in [0.25, 0.3) is 0 Å². The summed E-state index contributed by atoms with van der Waals surface area (Å²) in [5.41, 5.74) is -1.87. The maximum absolute atomic E-state index is 10.7. The summed E-state index contributed by atoms with van der Waals surface area (Å²) >= 11 is 0. The molecule has 0 amide bonds. The van der Waals surface area contributed by atoms with Gasteiger partial charge in [-0.05, 0) is 7.05 Å². The molecular formula is C4H12NNaO7P2. The Balaban J connectivity index is 0. The predicted molar refractivity (Wildman–Crippen MR) is 45.6 cm³/mol. The van der Waals surface area contributed by atoms with E-state index < -0.39 is 33.2 Å². The van der Waals surface area contributed by atoms with Crippen molar-refractivity contribution in [2.75, 3.05) is 13.6 Å². The molecule has 0 aliphatic rings. The van der Waals surface area contributed by atoms with E-state index in [1.165, 1.54) is 7.05 Å². The summed E-state index contributed by atoms with van der Waals surface area (Å²) in [7, 11) is -8.63. The molecule has 8 nitrogen and oxygen atoms in total. The maximum Gasteiger partial charge on any atom is 1.00 e. The van der Waals surface area contributed by atoms with Crippen LogP contribution in [-0.2, 0) is 9.13 Å². The van der Waals surface area contributed by atoms with Crippen molar-refractivity contribution in [3.63, 3.8) is 0 Å². The van der Waals surface area contributed by atoms with Crippen molar-refractivity contribution in [3.8, 4) is 0 Å². The number of nitrogens with one attached hydrogen (secondary N) is 1. The van der Waals surface area contributed by atoms with Crippen LogP contribution in [-0.4, -0.2) is 44.9 Å². The second kappa shape index (κ2) is 6.83. The minimum Gasteiger partial charge on any atom is -0.777 e. The quantitative estimate of drug-likeness (QED) is 0.245. The Hall–Kier alpha value is 1.22. The number of aliphatic hydroxyl groups excluding tert-OH is 1. The van der Waals surface area contributed by atoms with Crippen LogP contribution in [0.1, 0.15) is 0 Å². The second-order valence-corrected chi connectivity index (χ2v) is 6.19. The summed E-state index contributed by atoms with van der Waals surface area (Å²) in [6, 6.07) is 0. The molecule has 11 heteroatoms. The summed E-state index contributed by atoms with van der Waals surface area (Å²) < 4.78 is 21.2. The van der Waals surface area contributed by atoms with Gasteiger partial charge < -0.3 is 34.6 Å². The van der Waals surface area contributed by atoms with Crippen molar-refractivity contribution in [1.82, 2.24) is 5.32 Å². The summed E-state index contributed by atoms with van der Waals surface area (Å²) in [6.45, 7) is -0.432. The van der Waals surface area contributed by atoms with E-state index in [1.807, 2.05) is 0 Å². The number of rotatable bonds is 5. The van der Waals surface area contributed by atoms with Crippen LogP contribution in [0.2, 0.25) is 0 Å². The van der Waals surface area contributed by atoms with Gasteiger partial charge in [-0.1, -0.05) is 0 Å². The van der Waals surface area contributed by atoms with Gasteiger partial charge in [0.05, 0.1) is 0 Å². The summed E-state index contributed by atoms with van der Waals surface area (Å²) in [4.78, 5) is 36.2. The Kier molecular flexibility index (Phi) is 8.47. The molecule has 0 fully saturated rings. The predicted octanol–water partition coefficient (Wildman–Crippen LogP) is -5.38. The van der Waals surface area contributed by atoms with Crippen LogP contribution in [0.4, 0.5) is 0 Å². The third-order valence-corrected chi connectivity index (χ3v) is 4.12. The van der Waals surface area contributed by atoms with Crippen molar-refractivity contribution in [1.29, 1.82) is 0 Å². The van der Waals surface area contributed by atoms with Crippen LogP contribution < -0.4 is 39.8 Å². The summed E-state index contributed by atoms with van der Waals surface area (Å²) in [6.07, 6.45) is 0. The van der Waals surface area contributed by atoms with Gasteiger partial charge in [0.25, 0.3) is 0 Å². The largest absolute Gasteiger partial charge is 1.00 e. The standard InChI is InChI=1S/C4H13NO7P2.Na/c1-5-2-3(13(7,8)9)4(6)14(10,11)12;/h3-6H,2H2,1H3,(H2,7,8,9)(H2,10,11,12);/q;+1/p-1. The van der Waals surface area contributed by atoms with Gasteiger partial charge >= 0.3 is 37.2 Å². The van der Waals surface area contributed by atoms with E-state index in [0.717, 1.165) is 0 Å². The van der Waals surface area contributed by atoms with Crippen molar-refractivity contribution in [2.45, 2.75) is 11.5 Å². The van der Waals surface area contributed by atoms with E-state index in [1.54, 1.807) is 0 Å². The molecule has 0 bridgehead atoms. The van der Waals surface area contributed by atoms with Gasteiger partial charge in [0.1, 0.15) is 11.5 Å². The fourth-order valence-electron chi connectivity index (χ4n) is 0.825. The zero-order valence-corrected chi connectivity index (χ0v) is 12.1. The van der Waals surface area contributed by atoms with Crippen LogP contribution >= 0.6 is 15.2 Å². The third-order valence-electron chi connectivity index (χ3n) is 1.52. The van der Waals surface area contributed by atoms with Crippen LogP contribution in [0.5, 0.6) is 0 Å². The molecule has 0 radical (unpaired) electrons. The smallest absolute Gasteiger partial charge is 0.777 e. The molecule has 3 unspecified atom stereocenters. The van der Waals surface area contributed by atoms with E-state index in [-0.39, 0.29) is 29.6 Å². The summed E-state index contributed by atoms with van der Waals surface area (Å²) in [5, 5.41) is 11.3. The molecule has 0 aromatic rings. The Morgan fingerprint density at radius 1 is 1.33 bits per heavy atom. The SMILES string of the molecule is CNCC(C(O)P(=O)([O-])O)P(=O)(O)O.[Na+]. The molecule has 5 N–H and O–H groups in total. The molecular weight excluding hydrogens is 259 g/mol. The maximum atomic E-state index is 10.7. The Morgan fingerprint density at radius 3 is 1.93 bits per heavy atom. The molecule has 0 aromatic heterocycles. The zero-order chi connectivity index (χ0) is 11.6. The fourth-order valence-corrected chi connectivity index (χ4v) is 3.16. The molecule has 0 aromatic carbocycles. The molecule has 15 heavy (non-hydrogen) atoms. The molecule has 0 rings (SSSR count). The van der Waals surface area contributed by atoms with E-state index in [4.69, 9.17) is 19.8 Å². The van der Waals surface area contributed by atoms with Gasteiger partial charge in [-0.25, -0.2) is 0 Å². The minimum absolute atomic E-state index is 0. The number of hydrogen-bond acceptors (Lipinski definition) is 5. The molecule has 0 aliphatic heterocycles. The molecule has 86 valence electrons. The van der Waals surface area contributed by atoms with Gasteiger partial charge in [-0.2, -0.15) is 0 Å². The molecule has 0 aliphatic carbocycles. The van der Waals surface area contributed by atoms with E-state index >= 15 is 0 Å². The first-order chi connectivity index (χ1) is 6.10. The molecule has 0 heterocycles. The van der Waals surface area contributed by atoms with Crippen molar-refractivity contribution >= 4 is 15.2 Å². The second-order valence-electron chi connectivity index (χ2n) is 2.69. The van der Waals surface area contributed by atoms with Gasteiger partial charge in [0.15, 0.2) is 7.60 Å². The Bertz CT molecular complexity index is 274. The normalized spacial score (nSPS) is 19.9. The zero-order valence-electron chi connectivity index (χ0n) is 8.27. The molecule has 0 saturated heterocycles. The first-order valence-corrected chi connectivity index (χ1v) is 6.85. The first kappa shape index (κ1) is 18.6. The van der Waals surface area contributed by atoms with Gasteiger partial charge in [0, 0.05) is 6.54 Å². The van der Waals surface area contributed by atoms with E-state index in [9.17, 15) is 14.0 Å². The molecule has 0 spiro atoms. The van der Waals surface area contributed by atoms with E-state index in [0.29, 0.717) is 0 Å².